The second-order valence-electron chi connectivity index (χ2n) is 7.93. The normalized spacial score (nSPS) is 30.9. The molecular weight excluding hydrogens is 320 g/mol. The van der Waals surface area contributed by atoms with Gasteiger partial charge in [-0.15, -0.1) is 11.3 Å². The van der Waals surface area contributed by atoms with Gasteiger partial charge in [0, 0.05) is 43.3 Å². The quantitative estimate of drug-likeness (QED) is 0.854. The van der Waals surface area contributed by atoms with Crippen LogP contribution in [0, 0.1) is 11.8 Å². The lowest BCUT2D eigenvalue weighted by Gasteiger charge is -2.33. The molecule has 2 saturated heterocycles. The summed E-state index contributed by atoms with van der Waals surface area (Å²) in [7, 11) is 0. The van der Waals surface area contributed by atoms with Gasteiger partial charge in [0.25, 0.3) is 0 Å². The standard InChI is InChI=1S/C18H28N4OS/c1-12(2)22-15(18(23)20-8-13-3-4-13)7-14-9-21(10-16(14)22)11-17-19-5-6-24-17/h5-6,12-16H,3-4,7-11H2,1-2H3,(H,20,23)/t14-,15-,16+/m1/s1. The summed E-state index contributed by atoms with van der Waals surface area (Å²) >= 11 is 1.74. The van der Waals surface area contributed by atoms with Gasteiger partial charge in [-0.05, 0) is 44.9 Å². The summed E-state index contributed by atoms with van der Waals surface area (Å²) in [5.41, 5.74) is 0. The Morgan fingerprint density at radius 1 is 1.42 bits per heavy atom. The van der Waals surface area contributed by atoms with Crippen LogP contribution < -0.4 is 5.32 Å². The average molecular weight is 349 g/mol. The molecule has 1 aromatic heterocycles. The van der Waals surface area contributed by atoms with Crippen molar-refractivity contribution in [2.45, 2.75) is 57.8 Å². The number of carbonyl (C=O) groups is 1. The number of likely N-dealkylation sites (tertiary alicyclic amines) is 2. The van der Waals surface area contributed by atoms with Gasteiger partial charge in [-0.1, -0.05) is 0 Å². The van der Waals surface area contributed by atoms with E-state index < -0.39 is 0 Å². The number of carbonyl (C=O) groups excluding carboxylic acids is 1. The van der Waals surface area contributed by atoms with Crippen molar-refractivity contribution < 1.29 is 4.79 Å². The molecule has 0 bridgehead atoms. The first-order valence-corrected chi connectivity index (χ1v) is 10.2. The van der Waals surface area contributed by atoms with E-state index in [1.54, 1.807) is 11.3 Å². The summed E-state index contributed by atoms with van der Waals surface area (Å²) < 4.78 is 0. The van der Waals surface area contributed by atoms with Crippen LogP contribution in [0.25, 0.3) is 0 Å². The van der Waals surface area contributed by atoms with Crippen molar-refractivity contribution in [1.29, 1.82) is 0 Å². The highest BCUT2D eigenvalue weighted by Crippen LogP contribution is 2.38. The number of hydrogen-bond donors (Lipinski definition) is 1. The minimum atomic E-state index is 0.0702. The zero-order chi connectivity index (χ0) is 16.7. The van der Waals surface area contributed by atoms with Gasteiger partial charge < -0.3 is 5.32 Å². The van der Waals surface area contributed by atoms with E-state index in [1.165, 1.54) is 17.8 Å². The number of nitrogens with zero attached hydrogens (tertiary/aromatic N) is 3. The summed E-state index contributed by atoms with van der Waals surface area (Å²) in [6.45, 7) is 8.46. The Bertz CT molecular complexity index is 572. The van der Waals surface area contributed by atoms with Crippen molar-refractivity contribution in [3.8, 4) is 0 Å². The second kappa shape index (κ2) is 6.73. The van der Waals surface area contributed by atoms with Crippen molar-refractivity contribution in [1.82, 2.24) is 20.1 Å². The van der Waals surface area contributed by atoms with Crippen LogP contribution in [0.3, 0.4) is 0 Å². The lowest BCUT2D eigenvalue weighted by atomic mass is 10.0. The van der Waals surface area contributed by atoms with Crippen LogP contribution in [0.15, 0.2) is 11.6 Å². The fraction of sp³-hybridized carbons (Fsp3) is 0.778. The summed E-state index contributed by atoms with van der Waals surface area (Å²) in [5.74, 6) is 1.62. The predicted molar refractivity (Wildman–Crippen MR) is 95.8 cm³/mol. The molecule has 1 aromatic rings. The topological polar surface area (TPSA) is 48.5 Å². The van der Waals surface area contributed by atoms with Crippen molar-refractivity contribution in [3.63, 3.8) is 0 Å². The molecule has 0 spiro atoms. The monoisotopic (exact) mass is 348 g/mol. The number of aromatic nitrogens is 1. The van der Waals surface area contributed by atoms with Crippen molar-refractivity contribution in [2.75, 3.05) is 19.6 Å². The Hall–Kier alpha value is -0.980. The Balaban J connectivity index is 1.39. The molecule has 3 aliphatic rings. The van der Waals surface area contributed by atoms with Gasteiger partial charge in [0.15, 0.2) is 0 Å². The van der Waals surface area contributed by atoms with E-state index in [0.717, 1.165) is 38.5 Å². The van der Waals surface area contributed by atoms with E-state index in [1.807, 2.05) is 11.6 Å². The summed E-state index contributed by atoms with van der Waals surface area (Å²) in [4.78, 5) is 22.1. The molecule has 6 heteroatoms. The van der Waals surface area contributed by atoms with Crippen LogP contribution in [-0.4, -0.2) is 58.5 Å². The molecule has 2 aliphatic heterocycles. The fourth-order valence-electron chi connectivity index (χ4n) is 4.47. The molecule has 1 aliphatic carbocycles. The first-order chi connectivity index (χ1) is 11.6. The third-order valence-electron chi connectivity index (χ3n) is 5.75. The van der Waals surface area contributed by atoms with E-state index in [4.69, 9.17) is 0 Å². The molecule has 0 radical (unpaired) electrons. The molecule has 3 fully saturated rings. The van der Waals surface area contributed by atoms with E-state index in [9.17, 15) is 4.79 Å². The van der Waals surface area contributed by atoms with Crippen LogP contribution in [0.5, 0.6) is 0 Å². The van der Waals surface area contributed by atoms with Gasteiger partial charge in [-0.25, -0.2) is 4.98 Å². The molecule has 0 aromatic carbocycles. The van der Waals surface area contributed by atoms with E-state index in [0.29, 0.717) is 18.0 Å². The zero-order valence-electron chi connectivity index (χ0n) is 14.6. The van der Waals surface area contributed by atoms with Crippen molar-refractivity contribution in [2.24, 2.45) is 11.8 Å². The molecule has 5 nitrogen and oxygen atoms in total. The number of rotatable bonds is 6. The van der Waals surface area contributed by atoms with E-state index in [2.05, 4.69) is 33.9 Å². The highest BCUT2D eigenvalue weighted by atomic mass is 32.1. The number of thiazole rings is 1. The van der Waals surface area contributed by atoms with Gasteiger partial charge in [0.2, 0.25) is 5.91 Å². The highest BCUT2D eigenvalue weighted by molar-refractivity contribution is 7.09. The molecule has 1 N–H and O–H groups in total. The van der Waals surface area contributed by atoms with Crippen LogP contribution in [0.4, 0.5) is 0 Å². The van der Waals surface area contributed by atoms with Crippen LogP contribution in [-0.2, 0) is 11.3 Å². The maximum atomic E-state index is 12.7. The Morgan fingerprint density at radius 2 is 2.25 bits per heavy atom. The molecule has 3 atom stereocenters. The first kappa shape index (κ1) is 16.5. The predicted octanol–water partition coefficient (Wildman–Crippen LogP) is 1.95. The van der Waals surface area contributed by atoms with Gasteiger partial charge >= 0.3 is 0 Å². The highest BCUT2D eigenvalue weighted by Gasteiger charge is 2.49. The summed E-state index contributed by atoms with van der Waals surface area (Å²) in [5, 5.41) is 6.45. The maximum Gasteiger partial charge on any atom is 0.237 e. The Labute approximate surface area is 148 Å². The molecule has 3 heterocycles. The van der Waals surface area contributed by atoms with Gasteiger partial charge in [-0.2, -0.15) is 0 Å². The zero-order valence-corrected chi connectivity index (χ0v) is 15.5. The molecule has 132 valence electrons. The SMILES string of the molecule is CC(C)N1[C@@H](C(=O)NCC2CC2)C[C@@H]2CN(Cc3nccs3)C[C@@H]21. The minimum absolute atomic E-state index is 0.0702. The number of amides is 1. The minimum Gasteiger partial charge on any atom is -0.354 e. The van der Waals surface area contributed by atoms with Crippen molar-refractivity contribution in [3.05, 3.63) is 16.6 Å². The first-order valence-electron chi connectivity index (χ1n) is 9.27. The van der Waals surface area contributed by atoms with Gasteiger partial charge in [-0.3, -0.25) is 14.6 Å². The third-order valence-corrected chi connectivity index (χ3v) is 6.52. The average Bonchev–Trinajstić information content (AvgIpc) is 2.93. The number of fused-ring (bicyclic) bond motifs is 1. The Kier molecular flexibility index (Phi) is 4.62. The van der Waals surface area contributed by atoms with Crippen LogP contribution in [0.1, 0.15) is 38.1 Å². The van der Waals surface area contributed by atoms with Crippen LogP contribution in [0.2, 0.25) is 0 Å². The number of hydrogen-bond acceptors (Lipinski definition) is 5. The number of nitrogens with one attached hydrogen (secondary N) is 1. The smallest absolute Gasteiger partial charge is 0.237 e. The van der Waals surface area contributed by atoms with Gasteiger partial charge in [0.05, 0.1) is 12.6 Å². The molecule has 24 heavy (non-hydrogen) atoms. The summed E-state index contributed by atoms with van der Waals surface area (Å²) in [6.07, 6.45) is 5.47. The van der Waals surface area contributed by atoms with Crippen LogP contribution >= 0.6 is 11.3 Å². The second-order valence-corrected chi connectivity index (χ2v) is 8.91. The molecular formula is C18H28N4OS. The molecule has 1 amide bonds. The van der Waals surface area contributed by atoms with Crippen molar-refractivity contribution >= 4 is 17.2 Å². The largest absolute Gasteiger partial charge is 0.354 e. The molecule has 0 unspecified atom stereocenters. The third kappa shape index (κ3) is 3.37. The maximum absolute atomic E-state index is 12.7. The van der Waals surface area contributed by atoms with E-state index in [-0.39, 0.29) is 11.9 Å². The Morgan fingerprint density at radius 3 is 2.92 bits per heavy atom. The fourth-order valence-corrected chi connectivity index (χ4v) is 5.13. The van der Waals surface area contributed by atoms with Gasteiger partial charge in [0.1, 0.15) is 5.01 Å². The lowest BCUT2D eigenvalue weighted by Crippen LogP contribution is -2.50. The molecule has 4 rings (SSSR count). The lowest BCUT2D eigenvalue weighted by molar-refractivity contribution is -0.126. The molecule has 1 saturated carbocycles. The van der Waals surface area contributed by atoms with E-state index >= 15 is 0 Å². The summed E-state index contributed by atoms with van der Waals surface area (Å²) in [6, 6.07) is 0.999.